The van der Waals surface area contributed by atoms with E-state index in [1.807, 2.05) is 38.3 Å². The minimum absolute atomic E-state index is 0.132. The molecule has 0 unspecified atom stereocenters. The number of aromatic nitrogens is 3. The quantitative estimate of drug-likeness (QED) is 0.515. The molecule has 1 aliphatic heterocycles. The maximum Gasteiger partial charge on any atom is 0.410 e. The summed E-state index contributed by atoms with van der Waals surface area (Å²) in [4.78, 5) is 19.3. The lowest BCUT2D eigenvalue weighted by molar-refractivity contribution is -0.0547. The number of hydrogen-bond acceptors (Lipinski definition) is 4. The molecule has 0 N–H and O–H groups in total. The van der Waals surface area contributed by atoms with Crippen molar-refractivity contribution in [2.45, 2.75) is 103 Å². The highest BCUT2D eigenvalue weighted by molar-refractivity contribution is 5.68. The molecular weight excluding hydrogens is 438 g/mol. The molecule has 1 saturated carbocycles. The van der Waals surface area contributed by atoms with E-state index in [2.05, 4.69) is 6.92 Å². The van der Waals surface area contributed by atoms with E-state index in [0.717, 1.165) is 60.9 Å². The van der Waals surface area contributed by atoms with Crippen molar-refractivity contribution in [3.8, 4) is 0 Å². The van der Waals surface area contributed by atoms with Gasteiger partial charge in [0.15, 0.2) is 5.65 Å². The van der Waals surface area contributed by atoms with Crippen LogP contribution in [0.2, 0.25) is 0 Å². The largest absolute Gasteiger partial charge is 0.444 e. The Bertz CT molecular complexity index is 1050. The standard InChI is InChI=1S/C26H38F2N4O2/c1-16-17(2)29-22-14-21(18-9-11-20(12-10-18)26(6,27)28)30-32(22)23(16)19-8-7-13-31(15-19)24(33)34-25(3,4)5/h14,18-20H,7-13,15H2,1-6H3/t18?,19-,20?/m1/s1. The molecular formula is C26H38F2N4O2. The Morgan fingerprint density at radius 1 is 1.06 bits per heavy atom. The van der Waals surface area contributed by atoms with Crippen LogP contribution in [-0.4, -0.2) is 50.2 Å². The summed E-state index contributed by atoms with van der Waals surface area (Å²) in [5.74, 6) is -2.85. The Labute approximate surface area is 201 Å². The lowest BCUT2D eigenvalue weighted by atomic mass is 9.78. The summed E-state index contributed by atoms with van der Waals surface area (Å²) >= 11 is 0. The van der Waals surface area contributed by atoms with Gasteiger partial charge in [0, 0.05) is 42.6 Å². The molecule has 1 saturated heterocycles. The average molecular weight is 477 g/mol. The highest BCUT2D eigenvalue weighted by atomic mass is 19.3. The van der Waals surface area contributed by atoms with Crippen LogP contribution in [0.15, 0.2) is 6.07 Å². The number of hydrogen-bond donors (Lipinski definition) is 0. The number of ether oxygens (including phenoxy) is 1. The molecule has 0 aromatic carbocycles. The van der Waals surface area contributed by atoms with E-state index in [0.29, 0.717) is 25.9 Å². The first-order chi connectivity index (χ1) is 15.8. The van der Waals surface area contributed by atoms with Crippen molar-refractivity contribution in [1.82, 2.24) is 19.5 Å². The number of fused-ring (bicyclic) bond motifs is 1. The highest BCUT2D eigenvalue weighted by Crippen LogP contribution is 2.42. The van der Waals surface area contributed by atoms with Gasteiger partial charge in [-0.25, -0.2) is 23.1 Å². The van der Waals surface area contributed by atoms with Gasteiger partial charge in [-0.1, -0.05) is 0 Å². The van der Waals surface area contributed by atoms with Crippen LogP contribution in [0, 0.1) is 19.8 Å². The van der Waals surface area contributed by atoms with Crippen molar-refractivity contribution in [2.24, 2.45) is 5.92 Å². The number of rotatable bonds is 3. The molecule has 0 bridgehead atoms. The van der Waals surface area contributed by atoms with E-state index < -0.39 is 17.4 Å². The first kappa shape index (κ1) is 24.9. The molecule has 1 atom stereocenters. The van der Waals surface area contributed by atoms with Gasteiger partial charge < -0.3 is 9.64 Å². The molecule has 2 aromatic heterocycles. The molecule has 2 fully saturated rings. The smallest absolute Gasteiger partial charge is 0.410 e. The normalized spacial score (nSPS) is 24.5. The number of aryl methyl sites for hydroxylation is 1. The highest BCUT2D eigenvalue weighted by Gasteiger charge is 2.38. The first-order valence-corrected chi connectivity index (χ1v) is 12.6. The summed E-state index contributed by atoms with van der Waals surface area (Å²) in [5.41, 5.74) is 4.35. The molecule has 34 heavy (non-hydrogen) atoms. The Kier molecular flexibility index (Phi) is 6.64. The number of amides is 1. The summed E-state index contributed by atoms with van der Waals surface area (Å²) < 4.78 is 35.1. The fourth-order valence-electron chi connectivity index (χ4n) is 5.51. The van der Waals surface area contributed by atoms with Crippen LogP contribution < -0.4 is 0 Å². The maximum atomic E-state index is 13.8. The lowest BCUT2D eigenvalue weighted by Crippen LogP contribution is -2.42. The molecule has 1 amide bonds. The van der Waals surface area contributed by atoms with Crippen LogP contribution in [0.3, 0.4) is 0 Å². The van der Waals surface area contributed by atoms with Crippen molar-refractivity contribution < 1.29 is 18.3 Å². The van der Waals surface area contributed by atoms with Gasteiger partial charge in [-0.3, -0.25) is 0 Å². The Hall–Kier alpha value is -2.25. The summed E-state index contributed by atoms with van der Waals surface area (Å²) in [6.45, 7) is 12.0. The van der Waals surface area contributed by atoms with Crippen molar-refractivity contribution in [3.63, 3.8) is 0 Å². The van der Waals surface area contributed by atoms with Crippen LogP contribution in [0.25, 0.3) is 5.65 Å². The minimum atomic E-state index is -2.62. The second-order valence-electron chi connectivity index (χ2n) is 11.3. The SMILES string of the molecule is Cc1nc2cc(C3CCC(C(C)(F)F)CC3)nn2c([C@@H]2CCCN(C(=O)OC(C)(C)C)C2)c1C. The third kappa shape index (κ3) is 5.20. The van der Waals surface area contributed by atoms with Gasteiger partial charge in [-0.05, 0) is 85.6 Å². The summed E-state index contributed by atoms with van der Waals surface area (Å²) in [6.07, 6.45) is 4.08. The molecule has 188 valence electrons. The fraction of sp³-hybridized carbons (Fsp3) is 0.731. The predicted molar refractivity (Wildman–Crippen MR) is 128 cm³/mol. The van der Waals surface area contributed by atoms with Crippen molar-refractivity contribution >= 4 is 11.7 Å². The van der Waals surface area contributed by atoms with E-state index in [4.69, 9.17) is 14.8 Å². The number of likely N-dealkylation sites (tertiary alicyclic amines) is 1. The van der Waals surface area contributed by atoms with E-state index in [-0.39, 0.29) is 17.9 Å². The fourth-order valence-corrected chi connectivity index (χ4v) is 5.51. The van der Waals surface area contributed by atoms with Crippen LogP contribution in [0.4, 0.5) is 13.6 Å². The topological polar surface area (TPSA) is 59.7 Å². The van der Waals surface area contributed by atoms with Gasteiger partial charge >= 0.3 is 6.09 Å². The average Bonchev–Trinajstić information content (AvgIpc) is 3.16. The predicted octanol–water partition coefficient (Wildman–Crippen LogP) is 6.39. The third-order valence-electron chi connectivity index (χ3n) is 7.47. The molecule has 8 heteroatoms. The maximum absolute atomic E-state index is 13.8. The van der Waals surface area contributed by atoms with Crippen molar-refractivity contribution in [3.05, 3.63) is 28.7 Å². The van der Waals surface area contributed by atoms with E-state index in [1.54, 1.807) is 4.90 Å². The molecule has 0 spiro atoms. The van der Waals surface area contributed by atoms with E-state index in [9.17, 15) is 13.6 Å². The van der Waals surface area contributed by atoms with Gasteiger partial charge in [0.2, 0.25) is 5.92 Å². The molecule has 2 aromatic rings. The Morgan fingerprint density at radius 3 is 2.35 bits per heavy atom. The van der Waals surface area contributed by atoms with Gasteiger partial charge in [0.1, 0.15) is 5.60 Å². The summed E-state index contributed by atoms with van der Waals surface area (Å²) in [6, 6.07) is 2.03. The monoisotopic (exact) mass is 476 g/mol. The van der Waals surface area contributed by atoms with Gasteiger partial charge in [-0.15, -0.1) is 0 Å². The van der Waals surface area contributed by atoms with E-state index >= 15 is 0 Å². The van der Waals surface area contributed by atoms with Crippen LogP contribution >= 0.6 is 0 Å². The number of alkyl halides is 2. The minimum Gasteiger partial charge on any atom is -0.444 e. The third-order valence-corrected chi connectivity index (χ3v) is 7.47. The van der Waals surface area contributed by atoms with Crippen molar-refractivity contribution in [2.75, 3.05) is 13.1 Å². The summed E-state index contributed by atoms with van der Waals surface area (Å²) in [7, 11) is 0. The molecule has 6 nitrogen and oxygen atoms in total. The van der Waals surface area contributed by atoms with Crippen LogP contribution in [0.5, 0.6) is 0 Å². The van der Waals surface area contributed by atoms with Crippen LogP contribution in [0.1, 0.15) is 101 Å². The van der Waals surface area contributed by atoms with Gasteiger partial charge in [0.05, 0.1) is 11.4 Å². The molecule has 4 rings (SSSR count). The molecule has 0 radical (unpaired) electrons. The summed E-state index contributed by atoms with van der Waals surface area (Å²) in [5, 5.41) is 4.96. The Morgan fingerprint density at radius 2 is 1.74 bits per heavy atom. The van der Waals surface area contributed by atoms with Crippen LogP contribution in [-0.2, 0) is 4.74 Å². The molecule has 1 aliphatic carbocycles. The zero-order chi connectivity index (χ0) is 24.8. The van der Waals surface area contributed by atoms with E-state index in [1.165, 1.54) is 0 Å². The molecule has 3 heterocycles. The number of carbonyl (C=O) groups excluding carboxylic acids is 1. The van der Waals surface area contributed by atoms with Gasteiger partial charge in [-0.2, -0.15) is 5.10 Å². The zero-order valence-electron chi connectivity index (χ0n) is 21.3. The number of nitrogens with zero attached hydrogens (tertiary/aromatic N) is 4. The first-order valence-electron chi connectivity index (χ1n) is 12.6. The second kappa shape index (κ2) is 9.08. The molecule has 2 aliphatic rings. The number of carbonyl (C=O) groups is 1. The number of halogens is 2. The number of piperidine rings is 1. The zero-order valence-corrected chi connectivity index (χ0v) is 21.3. The lowest BCUT2D eigenvalue weighted by Gasteiger charge is -2.35. The Balaban J connectivity index is 1.60. The van der Waals surface area contributed by atoms with Gasteiger partial charge in [0.25, 0.3) is 0 Å². The second-order valence-corrected chi connectivity index (χ2v) is 11.3. The van der Waals surface area contributed by atoms with Crippen molar-refractivity contribution in [1.29, 1.82) is 0 Å².